The molecule has 0 aliphatic rings. The van der Waals surface area contributed by atoms with Gasteiger partial charge in [0, 0.05) is 24.9 Å². The van der Waals surface area contributed by atoms with Crippen LogP contribution >= 0.6 is 0 Å². The van der Waals surface area contributed by atoms with Gasteiger partial charge in [-0.3, -0.25) is 19.2 Å². The summed E-state index contributed by atoms with van der Waals surface area (Å²) in [6, 6.07) is 0. The maximum Gasteiger partial charge on any atom is 0.306 e. The number of anilines is 2. The Bertz CT molecular complexity index is 1270. The van der Waals surface area contributed by atoms with Gasteiger partial charge in [0.1, 0.15) is 17.5 Å². The number of carbonyl (C=O) groups excluding carboxylic acids is 2. The molecular formula is C53H99N3O6. The fourth-order valence-corrected chi connectivity index (χ4v) is 8.31. The van der Waals surface area contributed by atoms with Crippen LogP contribution < -0.4 is 21.5 Å². The van der Waals surface area contributed by atoms with E-state index in [0.29, 0.717) is 37.4 Å². The van der Waals surface area contributed by atoms with Gasteiger partial charge in [-0.05, 0) is 105 Å². The number of ether oxygens (including phenoxy) is 2. The predicted molar refractivity (Wildman–Crippen MR) is 264 cm³/mol. The average Bonchev–Trinajstić information content (AvgIpc) is 3.24. The number of hydrogen-bond acceptors (Lipinski definition) is 9. The summed E-state index contributed by atoms with van der Waals surface area (Å²) < 4.78 is 11.5. The lowest BCUT2D eigenvalue weighted by Crippen LogP contribution is -2.42. The van der Waals surface area contributed by atoms with Crippen LogP contribution in [0.3, 0.4) is 0 Å². The molecule has 0 atom stereocenters. The van der Waals surface area contributed by atoms with Gasteiger partial charge in [-0.25, -0.2) is 0 Å². The molecule has 1 aromatic carbocycles. The summed E-state index contributed by atoms with van der Waals surface area (Å²) in [7, 11) is 0. The van der Waals surface area contributed by atoms with E-state index in [0.717, 1.165) is 129 Å². The minimum absolute atomic E-state index is 0.00414. The number of nitrogens with one attached hydrogen (secondary N) is 2. The van der Waals surface area contributed by atoms with E-state index in [-0.39, 0.29) is 23.6 Å². The van der Waals surface area contributed by atoms with Crippen molar-refractivity contribution in [3.63, 3.8) is 0 Å². The third-order valence-corrected chi connectivity index (χ3v) is 12.1. The van der Waals surface area contributed by atoms with Gasteiger partial charge in [-0.15, -0.1) is 0 Å². The molecule has 0 radical (unpaired) electrons. The smallest absolute Gasteiger partial charge is 0.306 e. The van der Waals surface area contributed by atoms with E-state index in [9.17, 15) is 19.2 Å². The fourth-order valence-electron chi connectivity index (χ4n) is 8.31. The average molecular weight is 874 g/mol. The van der Waals surface area contributed by atoms with Gasteiger partial charge >= 0.3 is 11.9 Å². The lowest BCUT2D eigenvalue weighted by Gasteiger charge is -2.25. The molecule has 0 saturated heterocycles. The summed E-state index contributed by atoms with van der Waals surface area (Å²) >= 11 is 0. The molecule has 0 aliphatic carbocycles. The highest BCUT2D eigenvalue weighted by Gasteiger charge is 2.24. The molecule has 62 heavy (non-hydrogen) atoms. The Labute approximate surface area is 381 Å². The molecule has 0 saturated carbocycles. The molecule has 362 valence electrons. The Morgan fingerprint density at radius 1 is 0.500 bits per heavy atom. The van der Waals surface area contributed by atoms with Gasteiger partial charge in [0.05, 0.1) is 6.61 Å². The zero-order valence-electron chi connectivity index (χ0n) is 41.6. The molecule has 0 unspecified atom stereocenters. The molecule has 0 fully saturated rings. The second kappa shape index (κ2) is 39.0. The van der Waals surface area contributed by atoms with E-state index in [2.05, 4.69) is 36.3 Å². The van der Waals surface area contributed by atoms with E-state index >= 15 is 0 Å². The topological polar surface area (TPSA) is 114 Å². The minimum atomic E-state index is -0.433. The quantitative estimate of drug-likeness (QED) is 0.0375. The first-order valence-corrected chi connectivity index (χ1v) is 26.4. The molecule has 0 heterocycles. The highest BCUT2D eigenvalue weighted by atomic mass is 16.5. The van der Waals surface area contributed by atoms with Gasteiger partial charge < -0.3 is 25.0 Å². The SMILES string of the molecule is CCCCCCCCCOC(=O)CCCCCCCN(CCCCCCCC(=O)OC(CCCCCCCC)CCCCCCCC)CCCNc1c(NC(C)(C)C)c(=O)c1=O. The van der Waals surface area contributed by atoms with Gasteiger partial charge in [0.2, 0.25) is 0 Å². The van der Waals surface area contributed by atoms with Crippen molar-refractivity contribution in [1.29, 1.82) is 0 Å². The second-order valence-corrected chi connectivity index (χ2v) is 19.5. The van der Waals surface area contributed by atoms with E-state index in [4.69, 9.17) is 9.47 Å². The van der Waals surface area contributed by atoms with Crippen LogP contribution in [-0.2, 0) is 19.1 Å². The van der Waals surface area contributed by atoms with Crippen molar-refractivity contribution < 1.29 is 19.1 Å². The third kappa shape index (κ3) is 32.3. The maximum absolute atomic E-state index is 12.9. The van der Waals surface area contributed by atoms with E-state index in [1.165, 1.54) is 96.3 Å². The van der Waals surface area contributed by atoms with Crippen LogP contribution in [0.5, 0.6) is 0 Å². The monoisotopic (exact) mass is 874 g/mol. The van der Waals surface area contributed by atoms with Crippen molar-refractivity contribution in [2.24, 2.45) is 0 Å². The summed E-state index contributed by atoms with van der Waals surface area (Å²) in [6.07, 6.45) is 38.5. The number of unbranched alkanes of at least 4 members (excludes halogenated alkanes) is 24. The zero-order valence-corrected chi connectivity index (χ0v) is 41.6. The minimum Gasteiger partial charge on any atom is -0.466 e. The molecule has 0 aromatic heterocycles. The van der Waals surface area contributed by atoms with Gasteiger partial charge in [0.25, 0.3) is 10.9 Å². The number of esters is 2. The van der Waals surface area contributed by atoms with Crippen LogP contribution in [0.25, 0.3) is 0 Å². The number of hydrogen-bond donors (Lipinski definition) is 2. The first-order chi connectivity index (χ1) is 30.0. The third-order valence-electron chi connectivity index (χ3n) is 12.1. The van der Waals surface area contributed by atoms with Crippen molar-refractivity contribution >= 4 is 23.3 Å². The normalized spacial score (nSPS) is 11.9. The van der Waals surface area contributed by atoms with Crippen LogP contribution in [0, 0.1) is 0 Å². The summed E-state index contributed by atoms with van der Waals surface area (Å²) in [4.78, 5) is 52.1. The Morgan fingerprint density at radius 3 is 1.40 bits per heavy atom. The van der Waals surface area contributed by atoms with Crippen LogP contribution in [0.1, 0.15) is 260 Å². The van der Waals surface area contributed by atoms with Crippen LogP contribution in [-0.4, -0.2) is 61.3 Å². The molecular weight excluding hydrogens is 775 g/mol. The molecule has 2 N–H and O–H groups in total. The summed E-state index contributed by atoms with van der Waals surface area (Å²) in [5.41, 5.74) is -0.317. The predicted octanol–water partition coefficient (Wildman–Crippen LogP) is 14.0. The molecule has 0 spiro atoms. The number of nitrogens with zero attached hydrogens (tertiary/aromatic N) is 1. The van der Waals surface area contributed by atoms with Gasteiger partial charge in [-0.2, -0.15) is 0 Å². The molecule has 1 rings (SSSR count). The standard InChI is InChI=1S/C53H99N3O6/c1-7-10-13-16-19-28-35-45-61-47(57)39-31-24-20-26-33-42-56(44-36-41-54-49-50(52(60)51(49)59)55-53(4,5)6)43-34-27-21-25-32-40-48(58)62-46(37-29-22-17-14-11-8-2)38-30-23-18-15-12-9-3/h46,54-55H,7-45H2,1-6H3. The fraction of sp³-hybridized carbons (Fsp3) is 0.887. The summed E-state index contributed by atoms with van der Waals surface area (Å²) in [6.45, 7) is 16.9. The van der Waals surface area contributed by atoms with Crippen molar-refractivity contribution in [2.75, 3.05) is 43.4 Å². The van der Waals surface area contributed by atoms with Crippen molar-refractivity contribution in [3.8, 4) is 0 Å². The lowest BCUT2D eigenvalue weighted by molar-refractivity contribution is -0.150. The Balaban J connectivity index is 2.45. The molecule has 1 aromatic rings. The number of carbonyl (C=O) groups is 2. The van der Waals surface area contributed by atoms with Crippen molar-refractivity contribution in [3.05, 3.63) is 20.4 Å². The largest absolute Gasteiger partial charge is 0.466 e. The van der Waals surface area contributed by atoms with Crippen molar-refractivity contribution in [2.45, 2.75) is 271 Å². The second-order valence-electron chi connectivity index (χ2n) is 19.5. The number of rotatable bonds is 45. The van der Waals surface area contributed by atoms with E-state index in [1.807, 2.05) is 20.8 Å². The maximum atomic E-state index is 12.9. The van der Waals surface area contributed by atoms with Crippen LogP contribution in [0.4, 0.5) is 11.4 Å². The molecule has 0 bridgehead atoms. The van der Waals surface area contributed by atoms with E-state index in [1.54, 1.807) is 0 Å². The van der Waals surface area contributed by atoms with Crippen molar-refractivity contribution in [1.82, 2.24) is 4.90 Å². The lowest BCUT2D eigenvalue weighted by atomic mass is 10.0. The van der Waals surface area contributed by atoms with Gasteiger partial charge in [-0.1, -0.05) is 162 Å². The van der Waals surface area contributed by atoms with Crippen LogP contribution in [0.15, 0.2) is 9.59 Å². The zero-order chi connectivity index (χ0) is 45.5. The molecule has 9 heteroatoms. The van der Waals surface area contributed by atoms with Gasteiger partial charge in [0.15, 0.2) is 0 Å². The Kier molecular flexibility index (Phi) is 36.2. The van der Waals surface area contributed by atoms with E-state index < -0.39 is 10.9 Å². The first kappa shape index (κ1) is 57.6. The Morgan fingerprint density at radius 2 is 0.903 bits per heavy atom. The highest BCUT2D eigenvalue weighted by Crippen LogP contribution is 2.21. The highest BCUT2D eigenvalue weighted by molar-refractivity contribution is 5.74. The Hall–Kier alpha value is -2.42. The summed E-state index contributed by atoms with van der Waals surface area (Å²) in [5, 5.41) is 6.44. The van der Waals surface area contributed by atoms with Crippen LogP contribution in [0.2, 0.25) is 0 Å². The molecule has 0 aliphatic heterocycles. The summed E-state index contributed by atoms with van der Waals surface area (Å²) in [5.74, 6) is -0.0532. The first-order valence-electron chi connectivity index (χ1n) is 26.4. The molecule has 0 amide bonds. The molecule has 9 nitrogen and oxygen atoms in total.